The predicted octanol–water partition coefficient (Wildman–Crippen LogP) is 3.51. The van der Waals surface area contributed by atoms with Gasteiger partial charge in [-0.2, -0.15) is 0 Å². The molecule has 18 heavy (non-hydrogen) atoms. The van der Waals surface area contributed by atoms with Crippen LogP contribution in [0.15, 0.2) is 35.9 Å². The first-order valence-electron chi connectivity index (χ1n) is 6.86. The van der Waals surface area contributed by atoms with E-state index >= 15 is 0 Å². The summed E-state index contributed by atoms with van der Waals surface area (Å²) in [5, 5.41) is 3.45. The van der Waals surface area contributed by atoms with E-state index in [1.54, 1.807) is 5.57 Å². The Labute approximate surface area is 111 Å². The number of hydrogen-bond donors (Lipinski definition) is 1. The highest BCUT2D eigenvalue weighted by Crippen LogP contribution is 2.30. The Morgan fingerprint density at radius 3 is 2.33 bits per heavy atom. The van der Waals surface area contributed by atoms with Crippen LogP contribution in [-0.2, 0) is 0 Å². The summed E-state index contributed by atoms with van der Waals surface area (Å²) in [6, 6.07) is 9.27. The van der Waals surface area contributed by atoms with E-state index in [0.29, 0.717) is 6.04 Å². The molecule has 0 heterocycles. The summed E-state index contributed by atoms with van der Waals surface area (Å²) in [6.45, 7) is 0. The van der Waals surface area contributed by atoms with E-state index in [1.807, 2.05) is 0 Å². The van der Waals surface area contributed by atoms with E-state index in [1.165, 1.54) is 36.9 Å². The minimum atomic E-state index is 0.390. The zero-order valence-corrected chi connectivity index (χ0v) is 11.7. The molecule has 0 fully saturated rings. The van der Waals surface area contributed by atoms with Gasteiger partial charge in [-0.1, -0.05) is 23.8 Å². The van der Waals surface area contributed by atoms with Crippen molar-refractivity contribution in [2.75, 3.05) is 26.0 Å². The van der Waals surface area contributed by atoms with Gasteiger partial charge in [0, 0.05) is 19.8 Å². The lowest BCUT2D eigenvalue weighted by molar-refractivity contribution is 0.593. The van der Waals surface area contributed by atoms with Crippen molar-refractivity contribution in [1.82, 2.24) is 5.32 Å². The molecule has 2 heteroatoms. The summed E-state index contributed by atoms with van der Waals surface area (Å²) in [7, 11) is 6.21. The van der Waals surface area contributed by atoms with Crippen molar-refractivity contribution in [3.8, 4) is 0 Å². The molecule has 2 nitrogen and oxygen atoms in total. The summed E-state index contributed by atoms with van der Waals surface area (Å²) >= 11 is 0. The van der Waals surface area contributed by atoms with Gasteiger partial charge in [0.1, 0.15) is 0 Å². The van der Waals surface area contributed by atoms with Gasteiger partial charge in [-0.25, -0.2) is 0 Å². The molecular weight excluding hydrogens is 220 g/mol. The first kappa shape index (κ1) is 13.2. The molecule has 0 saturated carbocycles. The second-order valence-electron chi connectivity index (χ2n) is 5.23. The number of rotatable bonds is 4. The zero-order valence-electron chi connectivity index (χ0n) is 11.7. The average molecular weight is 244 g/mol. The molecule has 1 aliphatic rings. The summed E-state index contributed by atoms with van der Waals surface area (Å²) in [5.74, 6) is 0. The summed E-state index contributed by atoms with van der Waals surface area (Å²) in [5.41, 5.74) is 4.18. The number of likely N-dealkylation sites (N-methyl/N-ethyl adjacent to an activating group) is 1. The lowest BCUT2D eigenvalue weighted by atomic mass is 9.90. The third-order valence-corrected chi connectivity index (χ3v) is 3.73. The van der Waals surface area contributed by atoms with Gasteiger partial charge in [-0.05, 0) is 50.4 Å². The molecule has 0 saturated heterocycles. The third kappa shape index (κ3) is 2.94. The first-order chi connectivity index (χ1) is 8.72. The van der Waals surface area contributed by atoms with Gasteiger partial charge in [0.25, 0.3) is 0 Å². The molecule has 1 N–H and O–H groups in total. The molecule has 0 aromatic heterocycles. The Kier molecular flexibility index (Phi) is 4.43. The van der Waals surface area contributed by atoms with Crippen LogP contribution in [0.4, 0.5) is 5.69 Å². The quantitative estimate of drug-likeness (QED) is 0.815. The minimum absolute atomic E-state index is 0.390. The van der Waals surface area contributed by atoms with Gasteiger partial charge in [-0.15, -0.1) is 0 Å². The standard InChI is InChI=1S/C16H24N2/c1-17-16(13-7-5-4-6-8-13)14-9-11-15(12-10-14)18(2)3/h7,9-12,16-17H,4-6,8H2,1-3H3. The number of benzene rings is 1. The Hall–Kier alpha value is -1.28. The van der Waals surface area contributed by atoms with Crippen molar-refractivity contribution in [3.05, 3.63) is 41.5 Å². The highest BCUT2D eigenvalue weighted by atomic mass is 15.1. The lowest BCUT2D eigenvalue weighted by Gasteiger charge is -2.24. The number of anilines is 1. The Morgan fingerprint density at radius 2 is 1.83 bits per heavy atom. The molecule has 1 aromatic rings. The predicted molar refractivity (Wildman–Crippen MR) is 79.1 cm³/mol. The third-order valence-electron chi connectivity index (χ3n) is 3.73. The Balaban J connectivity index is 2.19. The van der Waals surface area contributed by atoms with Gasteiger partial charge in [0.15, 0.2) is 0 Å². The van der Waals surface area contributed by atoms with Crippen molar-refractivity contribution in [1.29, 1.82) is 0 Å². The summed E-state index contributed by atoms with van der Waals surface area (Å²) in [6.07, 6.45) is 7.58. The highest BCUT2D eigenvalue weighted by molar-refractivity contribution is 5.47. The molecule has 1 atom stereocenters. The van der Waals surface area contributed by atoms with E-state index < -0.39 is 0 Å². The van der Waals surface area contributed by atoms with E-state index in [0.717, 1.165) is 0 Å². The van der Waals surface area contributed by atoms with Gasteiger partial charge in [-0.3, -0.25) is 0 Å². The molecule has 1 aromatic carbocycles. The molecule has 2 rings (SSSR count). The van der Waals surface area contributed by atoms with Gasteiger partial charge >= 0.3 is 0 Å². The molecule has 0 bridgehead atoms. The van der Waals surface area contributed by atoms with Crippen LogP contribution < -0.4 is 10.2 Å². The van der Waals surface area contributed by atoms with E-state index in [-0.39, 0.29) is 0 Å². The fourth-order valence-corrected chi connectivity index (χ4v) is 2.66. The molecule has 0 radical (unpaired) electrons. The molecule has 98 valence electrons. The maximum Gasteiger partial charge on any atom is 0.0533 e. The second kappa shape index (κ2) is 6.05. The normalized spacial score (nSPS) is 17.2. The lowest BCUT2D eigenvalue weighted by Crippen LogP contribution is -2.20. The van der Waals surface area contributed by atoms with Crippen LogP contribution in [0, 0.1) is 0 Å². The van der Waals surface area contributed by atoms with Gasteiger partial charge < -0.3 is 10.2 Å². The van der Waals surface area contributed by atoms with Crippen LogP contribution in [0.1, 0.15) is 37.3 Å². The molecule has 1 unspecified atom stereocenters. The number of nitrogens with one attached hydrogen (secondary N) is 1. The molecule has 1 aliphatic carbocycles. The van der Waals surface area contributed by atoms with Crippen LogP contribution in [0.25, 0.3) is 0 Å². The maximum absolute atomic E-state index is 3.45. The number of hydrogen-bond acceptors (Lipinski definition) is 2. The topological polar surface area (TPSA) is 15.3 Å². The average Bonchev–Trinajstić information content (AvgIpc) is 2.41. The fourth-order valence-electron chi connectivity index (χ4n) is 2.66. The van der Waals surface area contributed by atoms with E-state index in [9.17, 15) is 0 Å². The van der Waals surface area contributed by atoms with E-state index in [2.05, 4.69) is 61.7 Å². The Morgan fingerprint density at radius 1 is 1.11 bits per heavy atom. The van der Waals surface area contributed by atoms with Gasteiger partial charge in [0.05, 0.1) is 6.04 Å². The summed E-state index contributed by atoms with van der Waals surface area (Å²) in [4.78, 5) is 2.14. The van der Waals surface area contributed by atoms with Crippen LogP contribution in [0.5, 0.6) is 0 Å². The molecule has 0 spiro atoms. The molecule has 0 aliphatic heterocycles. The minimum Gasteiger partial charge on any atom is -0.378 e. The van der Waals surface area contributed by atoms with Crippen molar-refractivity contribution in [2.45, 2.75) is 31.7 Å². The highest BCUT2D eigenvalue weighted by Gasteiger charge is 2.16. The number of allylic oxidation sites excluding steroid dienone is 1. The van der Waals surface area contributed by atoms with Gasteiger partial charge in [0.2, 0.25) is 0 Å². The van der Waals surface area contributed by atoms with Crippen LogP contribution >= 0.6 is 0 Å². The van der Waals surface area contributed by atoms with Crippen LogP contribution in [-0.4, -0.2) is 21.1 Å². The number of nitrogens with zero attached hydrogens (tertiary/aromatic N) is 1. The van der Waals surface area contributed by atoms with Crippen LogP contribution in [0.3, 0.4) is 0 Å². The largest absolute Gasteiger partial charge is 0.378 e. The van der Waals surface area contributed by atoms with Crippen molar-refractivity contribution in [2.24, 2.45) is 0 Å². The molecule has 0 amide bonds. The first-order valence-corrected chi connectivity index (χ1v) is 6.86. The fraction of sp³-hybridized carbons (Fsp3) is 0.500. The molecular formula is C16H24N2. The van der Waals surface area contributed by atoms with Crippen molar-refractivity contribution < 1.29 is 0 Å². The van der Waals surface area contributed by atoms with Crippen LogP contribution in [0.2, 0.25) is 0 Å². The second-order valence-corrected chi connectivity index (χ2v) is 5.23. The maximum atomic E-state index is 3.45. The van der Waals surface area contributed by atoms with E-state index in [4.69, 9.17) is 0 Å². The zero-order chi connectivity index (χ0) is 13.0. The summed E-state index contributed by atoms with van der Waals surface area (Å²) < 4.78 is 0. The smallest absolute Gasteiger partial charge is 0.0533 e. The van der Waals surface area contributed by atoms with Crippen molar-refractivity contribution >= 4 is 5.69 Å². The monoisotopic (exact) mass is 244 g/mol. The Bertz CT molecular complexity index is 404. The van der Waals surface area contributed by atoms with Crippen molar-refractivity contribution in [3.63, 3.8) is 0 Å². The SMILES string of the molecule is CNC(C1=CCCCC1)c1ccc(N(C)C)cc1.